The van der Waals surface area contributed by atoms with E-state index in [1.807, 2.05) is 69.3 Å². The van der Waals surface area contributed by atoms with E-state index in [0.717, 1.165) is 45.5 Å². The highest BCUT2D eigenvalue weighted by atomic mass is 32.2. The minimum atomic E-state index is -0.231. The van der Waals surface area contributed by atoms with E-state index in [1.165, 1.54) is 4.90 Å². The summed E-state index contributed by atoms with van der Waals surface area (Å²) in [6.07, 6.45) is 1.84. The number of rotatable bonds is 4. The Morgan fingerprint density at radius 1 is 0.931 bits per heavy atom. The monoisotopic (exact) mass is 402 g/mol. The molecule has 29 heavy (non-hydrogen) atoms. The van der Waals surface area contributed by atoms with Gasteiger partial charge in [0.05, 0.1) is 11.4 Å². The molecule has 1 saturated heterocycles. The Bertz CT molecular complexity index is 1130. The van der Waals surface area contributed by atoms with E-state index in [0.29, 0.717) is 11.4 Å². The molecule has 0 unspecified atom stereocenters. The van der Waals surface area contributed by atoms with Crippen molar-refractivity contribution in [3.8, 4) is 5.69 Å². The van der Waals surface area contributed by atoms with Crippen LogP contribution in [0.4, 0.5) is 4.79 Å². The molecule has 0 saturated carbocycles. The number of hydrogen-bond donors (Lipinski definition) is 0. The number of carbonyl (C=O) groups excluding carboxylic acids is 2. The number of amides is 2. The molecule has 146 valence electrons. The number of nitrogens with zero attached hydrogens (tertiary/aromatic N) is 2. The molecular weight excluding hydrogens is 380 g/mol. The minimum Gasteiger partial charge on any atom is -0.318 e. The predicted octanol–water partition coefficient (Wildman–Crippen LogP) is 5.64. The molecule has 1 aliphatic rings. The zero-order valence-electron chi connectivity index (χ0n) is 16.7. The van der Waals surface area contributed by atoms with Crippen molar-refractivity contribution in [2.45, 2.75) is 27.3 Å². The zero-order valence-corrected chi connectivity index (χ0v) is 17.5. The molecule has 5 heteroatoms. The Kier molecular flexibility index (Phi) is 5.16. The Labute approximate surface area is 174 Å². The van der Waals surface area contributed by atoms with Crippen LogP contribution in [-0.4, -0.2) is 20.6 Å². The number of aromatic nitrogens is 1. The van der Waals surface area contributed by atoms with Crippen LogP contribution in [0.3, 0.4) is 0 Å². The first-order chi connectivity index (χ1) is 13.9. The fourth-order valence-corrected chi connectivity index (χ4v) is 4.51. The van der Waals surface area contributed by atoms with Crippen molar-refractivity contribution in [1.29, 1.82) is 0 Å². The van der Waals surface area contributed by atoms with Crippen LogP contribution in [0.15, 0.2) is 65.6 Å². The lowest BCUT2D eigenvalue weighted by Gasteiger charge is -2.12. The van der Waals surface area contributed by atoms with E-state index in [9.17, 15) is 9.59 Å². The lowest BCUT2D eigenvalue weighted by molar-refractivity contribution is -0.123. The third-order valence-electron chi connectivity index (χ3n) is 5.07. The predicted molar refractivity (Wildman–Crippen MR) is 118 cm³/mol. The Balaban J connectivity index is 1.63. The van der Waals surface area contributed by atoms with Crippen LogP contribution in [0.25, 0.3) is 11.8 Å². The molecule has 2 amide bonds. The standard InChI is InChI=1S/C24H22N2O2S/c1-16-8-7-9-19(12-16)15-25-23(27)22(29-24(25)28)14-20-13-17(2)26(18(20)3)21-10-5-4-6-11-21/h4-14H,15H2,1-3H3/b22-14-. The van der Waals surface area contributed by atoms with E-state index in [4.69, 9.17) is 0 Å². The third-order valence-corrected chi connectivity index (χ3v) is 5.98. The van der Waals surface area contributed by atoms with Crippen molar-refractivity contribution >= 4 is 29.0 Å². The molecule has 0 N–H and O–H groups in total. The quantitative estimate of drug-likeness (QED) is 0.531. The number of aryl methyl sites for hydroxylation is 2. The summed E-state index contributed by atoms with van der Waals surface area (Å²) in [5, 5.41) is -0.223. The summed E-state index contributed by atoms with van der Waals surface area (Å²) in [5.41, 5.74) is 6.22. The van der Waals surface area contributed by atoms with Gasteiger partial charge < -0.3 is 4.57 Å². The molecule has 4 nitrogen and oxygen atoms in total. The van der Waals surface area contributed by atoms with Gasteiger partial charge in [-0.3, -0.25) is 14.5 Å². The van der Waals surface area contributed by atoms with Crippen molar-refractivity contribution in [2.75, 3.05) is 0 Å². The molecule has 0 aliphatic carbocycles. The molecule has 0 radical (unpaired) electrons. The Morgan fingerprint density at radius 3 is 2.41 bits per heavy atom. The molecule has 2 heterocycles. The van der Waals surface area contributed by atoms with Gasteiger partial charge in [-0.15, -0.1) is 0 Å². The van der Waals surface area contributed by atoms with Gasteiger partial charge in [-0.2, -0.15) is 0 Å². The van der Waals surface area contributed by atoms with E-state index in [2.05, 4.69) is 22.8 Å². The molecule has 0 bridgehead atoms. The van der Waals surface area contributed by atoms with Gasteiger partial charge in [0.25, 0.3) is 11.1 Å². The number of hydrogen-bond acceptors (Lipinski definition) is 3. The maximum Gasteiger partial charge on any atom is 0.293 e. The summed E-state index contributed by atoms with van der Waals surface area (Å²) in [6, 6.07) is 20.0. The van der Waals surface area contributed by atoms with Crippen LogP contribution >= 0.6 is 11.8 Å². The van der Waals surface area contributed by atoms with Crippen molar-refractivity contribution in [1.82, 2.24) is 9.47 Å². The molecule has 3 aromatic rings. The second-order valence-electron chi connectivity index (χ2n) is 7.25. The molecular formula is C24H22N2O2S. The summed E-state index contributed by atoms with van der Waals surface area (Å²) in [7, 11) is 0. The van der Waals surface area contributed by atoms with Crippen molar-refractivity contribution in [3.63, 3.8) is 0 Å². The van der Waals surface area contributed by atoms with Gasteiger partial charge in [-0.25, -0.2) is 0 Å². The summed E-state index contributed by atoms with van der Waals surface area (Å²) in [6.45, 7) is 6.37. The summed E-state index contributed by atoms with van der Waals surface area (Å²) in [5.74, 6) is -0.231. The fraction of sp³-hybridized carbons (Fsp3) is 0.167. The van der Waals surface area contributed by atoms with Crippen LogP contribution < -0.4 is 0 Å². The molecule has 1 aliphatic heterocycles. The first-order valence-corrected chi connectivity index (χ1v) is 10.3. The van der Waals surface area contributed by atoms with Crippen LogP contribution in [0.1, 0.15) is 28.1 Å². The van der Waals surface area contributed by atoms with Gasteiger partial charge in [0.2, 0.25) is 0 Å². The van der Waals surface area contributed by atoms with E-state index in [1.54, 1.807) is 0 Å². The van der Waals surface area contributed by atoms with Gasteiger partial charge in [0.15, 0.2) is 0 Å². The first kappa shape index (κ1) is 19.3. The second kappa shape index (κ2) is 7.76. The fourth-order valence-electron chi connectivity index (χ4n) is 3.68. The van der Waals surface area contributed by atoms with Crippen molar-refractivity contribution < 1.29 is 9.59 Å². The van der Waals surface area contributed by atoms with Gasteiger partial charge in [-0.1, -0.05) is 48.0 Å². The number of para-hydroxylation sites is 1. The molecule has 4 rings (SSSR count). The van der Waals surface area contributed by atoms with Crippen molar-refractivity contribution in [3.05, 3.63) is 93.6 Å². The average molecular weight is 403 g/mol. The first-order valence-electron chi connectivity index (χ1n) is 9.49. The molecule has 1 aromatic heterocycles. The smallest absolute Gasteiger partial charge is 0.293 e. The molecule has 0 spiro atoms. The number of thioether (sulfide) groups is 1. The van der Waals surface area contributed by atoms with Crippen LogP contribution in [-0.2, 0) is 11.3 Å². The number of benzene rings is 2. The Morgan fingerprint density at radius 2 is 1.69 bits per heavy atom. The van der Waals surface area contributed by atoms with Crippen LogP contribution in [0.2, 0.25) is 0 Å². The van der Waals surface area contributed by atoms with E-state index < -0.39 is 0 Å². The Hall–Kier alpha value is -3.05. The van der Waals surface area contributed by atoms with E-state index in [-0.39, 0.29) is 11.1 Å². The highest BCUT2D eigenvalue weighted by Crippen LogP contribution is 2.34. The summed E-state index contributed by atoms with van der Waals surface area (Å²) in [4.78, 5) is 27.2. The lowest BCUT2D eigenvalue weighted by Crippen LogP contribution is -2.27. The maximum absolute atomic E-state index is 12.9. The van der Waals surface area contributed by atoms with Gasteiger partial charge in [-0.05, 0) is 67.9 Å². The molecule has 0 atom stereocenters. The average Bonchev–Trinajstić information content (AvgIpc) is 3.12. The maximum atomic E-state index is 12.9. The minimum absolute atomic E-state index is 0.223. The van der Waals surface area contributed by atoms with Gasteiger partial charge in [0, 0.05) is 17.1 Å². The SMILES string of the molecule is Cc1cccc(CN2C(=O)S/C(=C\c3cc(C)n(-c4ccccc4)c3C)C2=O)c1. The molecule has 1 fully saturated rings. The molecule has 2 aromatic carbocycles. The largest absolute Gasteiger partial charge is 0.318 e. The van der Waals surface area contributed by atoms with Gasteiger partial charge in [0.1, 0.15) is 0 Å². The van der Waals surface area contributed by atoms with E-state index >= 15 is 0 Å². The highest BCUT2D eigenvalue weighted by Gasteiger charge is 2.35. The second-order valence-corrected chi connectivity index (χ2v) is 8.25. The third kappa shape index (κ3) is 3.78. The summed E-state index contributed by atoms with van der Waals surface area (Å²) >= 11 is 1.01. The number of imide groups is 1. The highest BCUT2D eigenvalue weighted by molar-refractivity contribution is 8.18. The zero-order chi connectivity index (χ0) is 20.5. The van der Waals surface area contributed by atoms with Crippen LogP contribution in [0.5, 0.6) is 0 Å². The number of carbonyl (C=O) groups is 2. The van der Waals surface area contributed by atoms with Crippen LogP contribution in [0, 0.1) is 20.8 Å². The normalized spacial score (nSPS) is 15.6. The summed E-state index contributed by atoms with van der Waals surface area (Å²) < 4.78 is 2.16. The topological polar surface area (TPSA) is 42.3 Å². The van der Waals surface area contributed by atoms with Crippen molar-refractivity contribution in [2.24, 2.45) is 0 Å². The lowest BCUT2D eigenvalue weighted by atomic mass is 10.1. The van der Waals surface area contributed by atoms with Gasteiger partial charge >= 0.3 is 0 Å².